The molecule has 0 spiro atoms. The highest BCUT2D eigenvalue weighted by Crippen LogP contribution is 2.39. The van der Waals surface area contributed by atoms with E-state index < -0.39 is 0 Å². The molecule has 8 aromatic carbocycles. The van der Waals surface area contributed by atoms with Crippen LogP contribution in [0.3, 0.4) is 0 Å². The Bertz CT molecular complexity index is 3230. The lowest BCUT2D eigenvalue weighted by molar-refractivity contribution is 1.16. The number of nitrogens with zero attached hydrogens (tertiary/aromatic N) is 4. The highest BCUT2D eigenvalue weighted by Gasteiger charge is 2.17. The highest BCUT2D eigenvalue weighted by molar-refractivity contribution is 6.15. The van der Waals surface area contributed by atoms with Crippen molar-refractivity contribution in [2.45, 2.75) is 0 Å². The lowest BCUT2D eigenvalue weighted by Crippen LogP contribution is -1.98. The van der Waals surface area contributed by atoms with Gasteiger partial charge in [0.15, 0.2) is 5.82 Å². The fourth-order valence-electron chi connectivity index (χ4n) is 8.28. The fraction of sp³-hybridized carbons (Fsp3) is 0. The standard InChI is InChI=1S/C53H34N4/c1-4-15-35(16-5-1)45-33-47(37-17-6-2-7-18-37)54-46-30-29-36-27-28-40(32-44(36)52(45)46)53-55-48(38-19-8-3-9-20-38)34-49(56-53)39-21-14-22-41(31-39)57-50-25-12-10-23-42(50)43-24-11-13-26-51(43)57/h1-34H. The first kappa shape index (κ1) is 32.7. The summed E-state index contributed by atoms with van der Waals surface area (Å²) >= 11 is 0. The summed E-state index contributed by atoms with van der Waals surface area (Å²) in [5.41, 5.74) is 13.4. The zero-order valence-corrected chi connectivity index (χ0v) is 30.9. The van der Waals surface area contributed by atoms with E-state index in [4.69, 9.17) is 15.0 Å². The maximum absolute atomic E-state index is 5.33. The molecule has 266 valence electrons. The van der Waals surface area contributed by atoms with Gasteiger partial charge in [-0.25, -0.2) is 15.0 Å². The molecule has 0 radical (unpaired) electrons. The number of fused-ring (bicyclic) bond motifs is 6. The Morgan fingerprint density at radius 1 is 0.333 bits per heavy atom. The molecule has 0 aliphatic heterocycles. The largest absolute Gasteiger partial charge is 0.309 e. The Morgan fingerprint density at radius 2 is 0.877 bits per heavy atom. The molecule has 0 aliphatic carbocycles. The van der Waals surface area contributed by atoms with Crippen LogP contribution in [0.25, 0.3) is 105 Å². The minimum atomic E-state index is 0.669. The monoisotopic (exact) mass is 726 g/mol. The van der Waals surface area contributed by atoms with Crippen molar-refractivity contribution in [3.05, 3.63) is 206 Å². The molecule has 0 aliphatic rings. The molecule has 4 nitrogen and oxygen atoms in total. The van der Waals surface area contributed by atoms with Gasteiger partial charge in [-0.2, -0.15) is 0 Å². The maximum atomic E-state index is 5.33. The van der Waals surface area contributed by atoms with E-state index in [-0.39, 0.29) is 0 Å². The van der Waals surface area contributed by atoms with Crippen LogP contribution in [0.4, 0.5) is 0 Å². The van der Waals surface area contributed by atoms with E-state index in [9.17, 15) is 0 Å². The van der Waals surface area contributed by atoms with Gasteiger partial charge in [-0.1, -0.05) is 158 Å². The quantitative estimate of drug-likeness (QED) is 0.160. The molecule has 0 fully saturated rings. The van der Waals surface area contributed by atoms with E-state index in [0.29, 0.717) is 5.82 Å². The van der Waals surface area contributed by atoms with Crippen LogP contribution < -0.4 is 0 Å². The summed E-state index contributed by atoms with van der Waals surface area (Å²) in [4.78, 5) is 15.8. The van der Waals surface area contributed by atoms with Crippen LogP contribution in [0.15, 0.2) is 206 Å². The predicted octanol–water partition coefficient (Wildman–Crippen LogP) is 13.6. The number of hydrogen-bond acceptors (Lipinski definition) is 3. The van der Waals surface area contributed by atoms with Crippen molar-refractivity contribution < 1.29 is 0 Å². The Balaban J connectivity index is 1.11. The minimum Gasteiger partial charge on any atom is -0.309 e. The molecular formula is C53H34N4. The van der Waals surface area contributed by atoms with E-state index in [1.165, 1.54) is 21.8 Å². The number of hydrogen-bond donors (Lipinski definition) is 0. The zero-order valence-electron chi connectivity index (χ0n) is 30.9. The average Bonchev–Trinajstić information content (AvgIpc) is 3.63. The van der Waals surface area contributed by atoms with Gasteiger partial charge in [-0.05, 0) is 70.4 Å². The Kier molecular flexibility index (Phi) is 7.78. The van der Waals surface area contributed by atoms with Crippen LogP contribution in [0.2, 0.25) is 0 Å². The third-order valence-electron chi connectivity index (χ3n) is 11.0. The Hall–Kier alpha value is -7.69. The number of rotatable bonds is 6. The van der Waals surface area contributed by atoms with Gasteiger partial charge in [0.25, 0.3) is 0 Å². The van der Waals surface area contributed by atoms with Gasteiger partial charge in [0.2, 0.25) is 0 Å². The first-order valence-electron chi connectivity index (χ1n) is 19.3. The normalized spacial score (nSPS) is 11.5. The topological polar surface area (TPSA) is 43.6 Å². The van der Waals surface area contributed by atoms with Crippen LogP contribution in [-0.2, 0) is 0 Å². The van der Waals surface area contributed by atoms with Crippen molar-refractivity contribution in [1.29, 1.82) is 0 Å². The molecule has 0 amide bonds. The van der Waals surface area contributed by atoms with E-state index in [2.05, 4.69) is 199 Å². The van der Waals surface area contributed by atoms with E-state index in [1.807, 2.05) is 12.1 Å². The van der Waals surface area contributed by atoms with Crippen molar-refractivity contribution in [1.82, 2.24) is 19.5 Å². The summed E-state index contributed by atoms with van der Waals surface area (Å²) < 4.78 is 2.35. The molecule has 0 N–H and O–H groups in total. The van der Waals surface area contributed by atoms with Crippen molar-refractivity contribution in [2.24, 2.45) is 0 Å². The molecule has 0 saturated carbocycles. The molecule has 3 aromatic heterocycles. The van der Waals surface area contributed by atoms with Gasteiger partial charge >= 0.3 is 0 Å². The summed E-state index contributed by atoms with van der Waals surface area (Å²) in [7, 11) is 0. The minimum absolute atomic E-state index is 0.669. The molecule has 57 heavy (non-hydrogen) atoms. The van der Waals surface area contributed by atoms with Crippen LogP contribution >= 0.6 is 0 Å². The second kappa shape index (κ2) is 13.6. The lowest BCUT2D eigenvalue weighted by atomic mass is 9.93. The Morgan fingerprint density at radius 3 is 1.54 bits per heavy atom. The maximum Gasteiger partial charge on any atom is 0.160 e. The lowest BCUT2D eigenvalue weighted by Gasteiger charge is -2.15. The van der Waals surface area contributed by atoms with Gasteiger partial charge in [0.1, 0.15) is 0 Å². The van der Waals surface area contributed by atoms with Gasteiger partial charge < -0.3 is 4.57 Å². The molecule has 0 saturated heterocycles. The molecule has 4 heteroatoms. The van der Waals surface area contributed by atoms with Crippen LogP contribution in [0.1, 0.15) is 0 Å². The van der Waals surface area contributed by atoms with Crippen LogP contribution in [0, 0.1) is 0 Å². The second-order valence-corrected chi connectivity index (χ2v) is 14.4. The van der Waals surface area contributed by atoms with Gasteiger partial charge in [-0.3, -0.25) is 0 Å². The molecule has 0 unspecified atom stereocenters. The Labute approximate surface area is 330 Å². The first-order valence-corrected chi connectivity index (χ1v) is 19.3. The van der Waals surface area contributed by atoms with Crippen molar-refractivity contribution >= 4 is 43.5 Å². The molecule has 3 heterocycles. The molecule has 11 aromatic rings. The predicted molar refractivity (Wildman–Crippen MR) is 236 cm³/mol. The van der Waals surface area contributed by atoms with E-state index in [0.717, 1.165) is 77.8 Å². The smallest absolute Gasteiger partial charge is 0.160 e. The van der Waals surface area contributed by atoms with E-state index in [1.54, 1.807) is 0 Å². The van der Waals surface area contributed by atoms with Crippen molar-refractivity contribution in [3.63, 3.8) is 0 Å². The first-order chi connectivity index (χ1) is 28.2. The summed E-state index contributed by atoms with van der Waals surface area (Å²) in [5.74, 6) is 0.669. The summed E-state index contributed by atoms with van der Waals surface area (Å²) in [6, 6.07) is 72.6. The van der Waals surface area contributed by atoms with E-state index >= 15 is 0 Å². The van der Waals surface area contributed by atoms with Gasteiger partial charge in [0, 0.05) is 44.1 Å². The second-order valence-electron chi connectivity index (χ2n) is 14.4. The number of aromatic nitrogens is 4. The molecule has 0 atom stereocenters. The number of pyridine rings is 1. The van der Waals surface area contributed by atoms with Crippen LogP contribution in [-0.4, -0.2) is 19.5 Å². The van der Waals surface area contributed by atoms with Crippen LogP contribution in [0.5, 0.6) is 0 Å². The zero-order chi connectivity index (χ0) is 37.7. The SMILES string of the molecule is c1ccc(-c2cc(-c3cccc(-n4c5ccccc5c5ccccc54)c3)nc(-c3ccc4ccc5nc(-c6ccccc6)cc(-c6ccccc6)c5c4c3)n2)cc1. The van der Waals surface area contributed by atoms with Crippen molar-refractivity contribution in [2.75, 3.05) is 0 Å². The molecule has 11 rings (SSSR count). The fourth-order valence-corrected chi connectivity index (χ4v) is 8.28. The number of para-hydroxylation sites is 2. The molecule has 0 bridgehead atoms. The third kappa shape index (κ3) is 5.74. The van der Waals surface area contributed by atoms with Gasteiger partial charge in [0.05, 0.1) is 33.6 Å². The average molecular weight is 727 g/mol. The number of benzene rings is 8. The van der Waals surface area contributed by atoms with Gasteiger partial charge in [-0.15, -0.1) is 0 Å². The summed E-state index contributed by atoms with van der Waals surface area (Å²) in [5, 5.41) is 5.83. The highest BCUT2D eigenvalue weighted by atomic mass is 15.0. The third-order valence-corrected chi connectivity index (χ3v) is 11.0. The molecular weight excluding hydrogens is 693 g/mol. The summed E-state index contributed by atoms with van der Waals surface area (Å²) in [6.07, 6.45) is 0. The van der Waals surface area contributed by atoms with Crippen molar-refractivity contribution in [3.8, 4) is 62.0 Å². The summed E-state index contributed by atoms with van der Waals surface area (Å²) in [6.45, 7) is 0.